The maximum Gasteiger partial charge on any atom is 0.119 e. The Morgan fingerprint density at radius 1 is 0.787 bits per heavy atom. The first-order valence-corrected chi connectivity index (χ1v) is 17.3. The van der Waals surface area contributed by atoms with E-state index in [-0.39, 0.29) is 10.8 Å². The third-order valence-corrected chi connectivity index (χ3v) is 10.8. The number of allylic oxidation sites excluding steroid dienone is 10. The van der Waals surface area contributed by atoms with Gasteiger partial charge in [0.25, 0.3) is 0 Å². The quantitative estimate of drug-likeness (QED) is 0.240. The van der Waals surface area contributed by atoms with Gasteiger partial charge in [-0.2, -0.15) is 0 Å². The molecule has 0 atom stereocenters. The zero-order valence-corrected chi connectivity index (χ0v) is 30.8. The number of rotatable bonds is 11. The van der Waals surface area contributed by atoms with Gasteiger partial charge in [-0.1, -0.05) is 64.4 Å². The average molecular weight is 658 g/mol. The maximum absolute atomic E-state index is 7.23. The van der Waals surface area contributed by atoms with E-state index in [9.17, 15) is 0 Å². The highest BCUT2D eigenvalue weighted by molar-refractivity contribution is 6.32. The SMILES string of the molecule is CCC1=C(/C=C/C2=C(Cl)C(=C/C=C3\N(CC)c4c(COC)cc(OC)cc4C3(C)C)/CCC2)C(C)(C)c2cc(OC)cc(COC)c21. The van der Waals surface area contributed by atoms with Gasteiger partial charge in [0.2, 0.25) is 0 Å². The normalized spacial score (nSPS) is 20.2. The molecule has 6 heteroatoms. The first kappa shape index (κ1) is 35.1. The van der Waals surface area contributed by atoms with Crippen LogP contribution in [0, 0.1) is 0 Å². The summed E-state index contributed by atoms with van der Waals surface area (Å²) in [6, 6.07) is 8.59. The minimum absolute atomic E-state index is 0.171. The highest BCUT2D eigenvalue weighted by Crippen LogP contribution is 2.52. The number of halogens is 1. The zero-order chi connectivity index (χ0) is 34.1. The van der Waals surface area contributed by atoms with Crippen LogP contribution in [0.2, 0.25) is 0 Å². The van der Waals surface area contributed by atoms with Crippen LogP contribution in [0.15, 0.2) is 76.0 Å². The highest BCUT2D eigenvalue weighted by Gasteiger charge is 2.41. The van der Waals surface area contributed by atoms with Crippen LogP contribution in [0.25, 0.3) is 5.57 Å². The van der Waals surface area contributed by atoms with Crippen LogP contribution in [0.1, 0.15) is 95.0 Å². The lowest BCUT2D eigenvalue weighted by Gasteiger charge is -2.26. The molecule has 2 aromatic carbocycles. The molecule has 0 unspecified atom stereocenters. The van der Waals surface area contributed by atoms with Crippen molar-refractivity contribution in [1.29, 1.82) is 0 Å². The molecule has 0 bridgehead atoms. The van der Waals surface area contributed by atoms with Gasteiger partial charge in [-0.15, -0.1) is 0 Å². The van der Waals surface area contributed by atoms with Gasteiger partial charge in [0.1, 0.15) is 11.5 Å². The summed E-state index contributed by atoms with van der Waals surface area (Å²) in [6.07, 6.45) is 13.1. The Morgan fingerprint density at radius 3 is 2.04 bits per heavy atom. The maximum atomic E-state index is 7.23. The van der Waals surface area contributed by atoms with E-state index in [1.807, 2.05) is 0 Å². The molecule has 0 fully saturated rings. The monoisotopic (exact) mass is 657 g/mol. The Kier molecular flexibility index (Phi) is 10.5. The van der Waals surface area contributed by atoms with Crippen LogP contribution in [0.3, 0.4) is 0 Å². The molecule has 47 heavy (non-hydrogen) atoms. The molecule has 0 amide bonds. The van der Waals surface area contributed by atoms with E-state index in [1.54, 1.807) is 28.4 Å². The van der Waals surface area contributed by atoms with Crippen molar-refractivity contribution in [3.63, 3.8) is 0 Å². The summed E-state index contributed by atoms with van der Waals surface area (Å²) in [5.41, 5.74) is 13.4. The van der Waals surface area contributed by atoms with Crippen LogP contribution in [0.5, 0.6) is 11.5 Å². The van der Waals surface area contributed by atoms with Crippen molar-refractivity contribution in [2.24, 2.45) is 0 Å². The second-order valence-corrected chi connectivity index (χ2v) is 14.1. The van der Waals surface area contributed by atoms with E-state index >= 15 is 0 Å². The number of hydrogen-bond donors (Lipinski definition) is 0. The molecule has 2 aliphatic carbocycles. The summed E-state index contributed by atoms with van der Waals surface area (Å²) < 4.78 is 22.6. The van der Waals surface area contributed by atoms with Gasteiger partial charge in [0.15, 0.2) is 0 Å². The van der Waals surface area contributed by atoms with Crippen molar-refractivity contribution in [2.75, 3.05) is 39.9 Å². The number of likely N-dealkylation sites (N-methyl/N-ethyl adjacent to an activating group) is 1. The molecular formula is C41H52ClNO4. The Bertz CT molecular complexity index is 1690. The lowest BCUT2D eigenvalue weighted by atomic mass is 9.80. The fourth-order valence-electron chi connectivity index (χ4n) is 7.88. The number of benzene rings is 2. The summed E-state index contributed by atoms with van der Waals surface area (Å²) in [5.74, 6) is 1.73. The molecule has 0 saturated heterocycles. The Hall–Kier alpha value is -3.25. The van der Waals surface area contributed by atoms with Gasteiger partial charge in [0, 0.05) is 47.9 Å². The fourth-order valence-corrected chi connectivity index (χ4v) is 8.20. The van der Waals surface area contributed by atoms with E-state index < -0.39 is 0 Å². The number of methoxy groups -OCH3 is 4. The standard InChI is InChI=1S/C41H52ClNO4/c1-11-32-33(40(3,4)34-22-30(46-9)20-28(24-44-7)37(32)34)18-16-26-14-13-15-27(38(26)42)17-19-36-41(5,6)35-23-31(47-10)21-29(25-45-8)39(35)43(36)12-2/h16-23H,11-15,24-25H2,1-10H3/b18-16+,27-17+,36-19-. The summed E-state index contributed by atoms with van der Waals surface area (Å²) in [5, 5.41) is 0.871. The minimum Gasteiger partial charge on any atom is -0.497 e. The molecule has 3 aliphatic rings. The molecule has 0 saturated carbocycles. The van der Waals surface area contributed by atoms with E-state index in [4.69, 9.17) is 30.5 Å². The molecular weight excluding hydrogens is 606 g/mol. The van der Waals surface area contributed by atoms with Crippen molar-refractivity contribution < 1.29 is 18.9 Å². The lowest BCUT2D eigenvalue weighted by molar-refractivity contribution is 0.184. The molecule has 0 aromatic heterocycles. The van der Waals surface area contributed by atoms with Crippen LogP contribution < -0.4 is 14.4 Å². The summed E-state index contributed by atoms with van der Waals surface area (Å²) >= 11 is 7.23. The summed E-state index contributed by atoms with van der Waals surface area (Å²) in [7, 11) is 6.96. The van der Waals surface area contributed by atoms with Crippen molar-refractivity contribution in [2.45, 2.75) is 91.3 Å². The molecule has 0 radical (unpaired) electrons. The highest BCUT2D eigenvalue weighted by atomic mass is 35.5. The molecule has 0 N–H and O–H groups in total. The van der Waals surface area contributed by atoms with Crippen LogP contribution in [0.4, 0.5) is 5.69 Å². The lowest BCUT2D eigenvalue weighted by Crippen LogP contribution is -2.26. The van der Waals surface area contributed by atoms with Gasteiger partial charge in [0.05, 0.1) is 33.1 Å². The average Bonchev–Trinajstić information content (AvgIpc) is 3.41. The second kappa shape index (κ2) is 14.1. The fraction of sp³-hybridized carbons (Fsp3) is 0.463. The summed E-state index contributed by atoms with van der Waals surface area (Å²) in [6.45, 7) is 15.6. The number of hydrogen-bond acceptors (Lipinski definition) is 5. The van der Waals surface area contributed by atoms with Crippen molar-refractivity contribution in [1.82, 2.24) is 0 Å². The van der Waals surface area contributed by atoms with Gasteiger partial charge in [-0.05, 0) is 107 Å². The number of anilines is 1. The molecule has 2 aromatic rings. The first-order valence-electron chi connectivity index (χ1n) is 16.9. The molecule has 1 aliphatic heterocycles. The van der Waals surface area contributed by atoms with Crippen LogP contribution in [-0.2, 0) is 33.5 Å². The molecule has 5 nitrogen and oxygen atoms in total. The van der Waals surface area contributed by atoms with Gasteiger partial charge in [-0.25, -0.2) is 0 Å². The largest absolute Gasteiger partial charge is 0.497 e. The number of nitrogens with zero attached hydrogens (tertiary/aromatic N) is 1. The first-order chi connectivity index (χ1) is 22.5. The Labute approximate surface area is 287 Å². The molecule has 0 spiro atoms. The number of fused-ring (bicyclic) bond motifs is 2. The third kappa shape index (κ3) is 6.23. The number of ether oxygens (including phenoxy) is 4. The van der Waals surface area contributed by atoms with E-state index in [0.717, 1.165) is 54.3 Å². The van der Waals surface area contributed by atoms with Crippen LogP contribution >= 0.6 is 11.6 Å². The Balaban J connectivity index is 1.52. The van der Waals surface area contributed by atoms with E-state index in [0.29, 0.717) is 13.2 Å². The third-order valence-electron chi connectivity index (χ3n) is 10.3. The van der Waals surface area contributed by atoms with Crippen molar-refractivity contribution in [3.8, 4) is 11.5 Å². The molecule has 252 valence electrons. The predicted molar refractivity (Wildman–Crippen MR) is 196 cm³/mol. The van der Waals surface area contributed by atoms with Gasteiger partial charge < -0.3 is 23.8 Å². The van der Waals surface area contributed by atoms with Crippen LogP contribution in [-0.4, -0.2) is 35.0 Å². The van der Waals surface area contributed by atoms with Gasteiger partial charge >= 0.3 is 0 Å². The molecule has 5 rings (SSSR count). The smallest absolute Gasteiger partial charge is 0.119 e. The minimum atomic E-state index is -0.205. The molecule has 1 heterocycles. The second-order valence-electron chi connectivity index (χ2n) is 13.8. The van der Waals surface area contributed by atoms with Gasteiger partial charge in [-0.3, -0.25) is 0 Å². The van der Waals surface area contributed by atoms with Crippen molar-refractivity contribution in [3.05, 3.63) is 104 Å². The van der Waals surface area contributed by atoms with Crippen molar-refractivity contribution >= 4 is 22.9 Å². The zero-order valence-electron chi connectivity index (χ0n) is 30.0. The summed E-state index contributed by atoms with van der Waals surface area (Å²) in [4.78, 5) is 2.42. The Morgan fingerprint density at radius 2 is 1.43 bits per heavy atom. The van der Waals surface area contributed by atoms with E-state index in [1.165, 1.54) is 55.9 Å². The predicted octanol–water partition coefficient (Wildman–Crippen LogP) is 10.3. The van der Waals surface area contributed by atoms with E-state index in [2.05, 4.69) is 95.0 Å². The topological polar surface area (TPSA) is 40.2 Å².